The first-order valence-electron chi connectivity index (χ1n) is 17.2. The number of nitrogens with zero attached hydrogens (tertiary/aromatic N) is 3. The summed E-state index contributed by atoms with van der Waals surface area (Å²) in [5, 5.41) is 10.6. The second kappa shape index (κ2) is 11.0. The molecule has 0 aliphatic heterocycles. The van der Waals surface area contributed by atoms with Crippen molar-refractivity contribution in [2.45, 2.75) is 0 Å². The first-order chi connectivity index (χ1) is 25.2. The van der Waals surface area contributed by atoms with Gasteiger partial charge in [0.1, 0.15) is 0 Å². The molecule has 0 N–H and O–H groups in total. The predicted molar refractivity (Wildman–Crippen MR) is 217 cm³/mol. The monoisotopic (exact) mass is 665 g/mol. The maximum Gasteiger partial charge on any atom is 0.0972 e. The van der Waals surface area contributed by atoms with Crippen molar-refractivity contribution in [3.63, 3.8) is 0 Å². The number of hydrogen-bond donors (Lipinski definition) is 0. The Labute approximate surface area is 297 Å². The van der Waals surface area contributed by atoms with Gasteiger partial charge in [0.15, 0.2) is 0 Å². The molecule has 4 aromatic heterocycles. The summed E-state index contributed by atoms with van der Waals surface area (Å²) in [6, 6.07) is 58.3. The zero-order valence-electron chi connectivity index (χ0n) is 27.3. The zero-order valence-corrected chi connectivity index (χ0v) is 28.2. The fourth-order valence-electron chi connectivity index (χ4n) is 7.70. The van der Waals surface area contributed by atoms with Crippen molar-refractivity contribution in [3.8, 4) is 33.8 Å². The summed E-state index contributed by atoms with van der Waals surface area (Å²) >= 11 is 1.85. The van der Waals surface area contributed by atoms with Crippen LogP contribution in [0.2, 0.25) is 0 Å². The summed E-state index contributed by atoms with van der Waals surface area (Å²) < 4.78 is 2.60. The Morgan fingerprint density at radius 1 is 0.353 bits per heavy atom. The van der Waals surface area contributed by atoms with Crippen molar-refractivity contribution in [2.75, 3.05) is 0 Å². The van der Waals surface area contributed by atoms with Crippen LogP contribution in [0.25, 0.3) is 108 Å². The molecule has 51 heavy (non-hydrogen) atoms. The molecule has 0 unspecified atom stereocenters. The van der Waals surface area contributed by atoms with Gasteiger partial charge in [0.2, 0.25) is 0 Å². The van der Waals surface area contributed by atoms with Crippen molar-refractivity contribution in [1.82, 2.24) is 15.0 Å². The molecule has 4 heteroatoms. The Balaban J connectivity index is 1.12. The maximum atomic E-state index is 5.35. The van der Waals surface area contributed by atoms with Gasteiger partial charge in [0, 0.05) is 53.0 Å². The van der Waals surface area contributed by atoms with E-state index in [1.165, 1.54) is 36.3 Å². The molecule has 7 aromatic carbocycles. The second-order valence-corrected chi connectivity index (χ2v) is 14.2. The average molecular weight is 666 g/mol. The number of aromatic nitrogens is 3. The molecule has 0 amide bonds. The van der Waals surface area contributed by atoms with E-state index < -0.39 is 0 Å². The van der Waals surface area contributed by atoms with Gasteiger partial charge in [-0.25, -0.2) is 15.0 Å². The van der Waals surface area contributed by atoms with Gasteiger partial charge in [0.05, 0.1) is 33.6 Å². The topological polar surface area (TPSA) is 38.7 Å². The molecule has 11 aromatic rings. The van der Waals surface area contributed by atoms with Gasteiger partial charge in [-0.05, 0) is 70.1 Å². The molecule has 0 bridgehead atoms. The largest absolute Gasteiger partial charge is 0.248 e. The van der Waals surface area contributed by atoms with E-state index in [9.17, 15) is 0 Å². The highest BCUT2D eigenvalue weighted by atomic mass is 32.1. The minimum Gasteiger partial charge on any atom is -0.248 e. The van der Waals surface area contributed by atoms with Crippen LogP contribution in [0.4, 0.5) is 0 Å². The molecule has 0 saturated carbocycles. The molecule has 236 valence electrons. The summed E-state index contributed by atoms with van der Waals surface area (Å²) in [6.07, 6.45) is 0. The lowest BCUT2D eigenvalue weighted by Gasteiger charge is -2.14. The van der Waals surface area contributed by atoms with Gasteiger partial charge in [-0.1, -0.05) is 115 Å². The summed E-state index contributed by atoms with van der Waals surface area (Å²) in [7, 11) is 0. The molecule has 0 fully saturated rings. The van der Waals surface area contributed by atoms with E-state index in [4.69, 9.17) is 15.0 Å². The van der Waals surface area contributed by atoms with Crippen molar-refractivity contribution in [3.05, 3.63) is 164 Å². The van der Waals surface area contributed by atoms with Crippen LogP contribution in [-0.4, -0.2) is 15.0 Å². The molecule has 0 saturated heterocycles. The van der Waals surface area contributed by atoms with E-state index in [0.29, 0.717) is 0 Å². The minimum absolute atomic E-state index is 0.907. The standard InChI is InChI=1S/C47H27N3S/c1-2-8-28(9-3-1)40-22-16-29-14-15-30-17-23-42(50-46(30)45(29)49-40)34-19-18-33(38-26-31-10-4-5-11-32(31)27-39(34)38)41-25-21-37-43(48-41)24-20-36-35-12-6-7-13-44(35)51-47(36)37/h1-27H. The van der Waals surface area contributed by atoms with Crippen molar-refractivity contribution >= 4 is 85.8 Å². The average Bonchev–Trinajstić information content (AvgIpc) is 3.58. The van der Waals surface area contributed by atoms with E-state index in [-0.39, 0.29) is 0 Å². The number of fused-ring (bicyclic) bond motifs is 10. The third-order valence-electron chi connectivity index (χ3n) is 10.2. The highest BCUT2D eigenvalue weighted by Crippen LogP contribution is 2.41. The van der Waals surface area contributed by atoms with Gasteiger partial charge in [-0.3, -0.25) is 0 Å². The fourth-order valence-corrected chi connectivity index (χ4v) is 8.93. The number of thiophene rings is 1. The van der Waals surface area contributed by atoms with Crippen molar-refractivity contribution < 1.29 is 0 Å². The summed E-state index contributed by atoms with van der Waals surface area (Å²) in [5.74, 6) is 0. The normalized spacial score (nSPS) is 11.9. The zero-order chi connectivity index (χ0) is 33.5. The predicted octanol–water partition coefficient (Wildman–Crippen LogP) is 13.0. The van der Waals surface area contributed by atoms with Gasteiger partial charge < -0.3 is 0 Å². The van der Waals surface area contributed by atoms with E-state index in [2.05, 4.69) is 158 Å². The molecule has 0 radical (unpaired) electrons. The maximum absolute atomic E-state index is 5.35. The van der Waals surface area contributed by atoms with Crippen LogP contribution in [0.15, 0.2) is 164 Å². The Bertz CT molecular complexity index is 3200. The molecule has 0 spiro atoms. The fraction of sp³-hybridized carbons (Fsp3) is 0. The molecule has 4 heterocycles. The Morgan fingerprint density at radius 3 is 1.67 bits per heavy atom. The number of pyridine rings is 3. The van der Waals surface area contributed by atoms with E-state index in [0.717, 1.165) is 71.9 Å². The molecule has 0 aliphatic carbocycles. The number of rotatable bonds is 3. The molecule has 3 nitrogen and oxygen atoms in total. The first kappa shape index (κ1) is 28.4. The summed E-state index contributed by atoms with van der Waals surface area (Å²) in [5.41, 5.74) is 8.95. The van der Waals surface area contributed by atoms with Gasteiger partial charge in [0.25, 0.3) is 0 Å². The van der Waals surface area contributed by atoms with Gasteiger partial charge >= 0.3 is 0 Å². The Morgan fingerprint density at radius 2 is 0.922 bits per heavy atom. The van der Waals surface area contributed by atoms with Crippen LogP contribution in [0, 0.1) is 0 Å². The molecular formula is C47H27N3S. The molecule has 0 aliphatic rings. The van der Waals surface area contributed by atoms with Crippen LogP contribution < -0.4 is 0 Å². The quantitative estimate of drug-likeness (QED) is 0.139. The lowest BCUT2D eigenvalue weighted by molar-refractivity contribution is 1.37. The van der Waals surface area contributed by atoms with Crippen LogP contribution in [0.5, 0.6) is 0 Å². The Kier molecular flexibility index (Phi) is 6.12. The smallest absolute Gasteiger partial charge is 0.0972 e. The third-order valence-corrected chi connectivity index (χ3v) is 11.5. The number of benzene rings is 7. The van der Waals surface area contributed by atoms with Gasteiger partial charge in [-0.15, -0.1) is 11.3 Å². The van der Waals surface area contributed by atoms with Crippen LogP contribution >= 0.6 is 11.3 Å². The summed E-state index contributed by atoms with van der Waals surface area (Å²) in [6.45, 7) is 0. The van der Waals surface area contributed by atoms with E-state index in [1.54, 1.807) is 0 Å². The lowest BCUT2D eigenvalue weighted by Crippen LogP contribution is -1.93. The van der Waals surface area contributed by atoms with Crippen molar-refractivity contribution in [2.24, 2.45) is 0 Å². The highest BCUT2D eigenvalue weighted by molar-refractivity contribution is 7.26. The van der Waals surface area contributed by atoms with Crippen LogP contribution in [-0.2, 0) is 0 Å². The van der Waals surface area contributed by atoms with Crippen molar-refractivity contribution in [1.29, 1.82) is 0 Å². The van der Waals surface area contributed by atoms with E-state index >= 15 is 0 Å². The second-order valence-electron chi connectivity index (χ2n) is 13.2. The molecular weight excluding hydrogens is 639 g/mol. The minimum atomic E-state index is 0.907. The number of hydrogen-bond acceptors (Lipinski definition) is 4. The van der Waals surface area contributed by atoms with Gasteiger partial charge in [-0.2, -0.15) is 0 Å². The third kappa shape index (κ3) is 4.47. The SMILES string of the molecule is c1ccc(-c2ccc3ccc4ccc(-c5ccc(-c6ccc7c(ccc8c9ccccc9sc78)n6)c6cc7ccccc7cc56)nc4c3n2)cc1. The summed E-state index contributed by atoms with van der Waals surface area (Å²) in [4.78, 5) is 15.8. The van der Waals surface area contributed by atoms with Crippen LogP contribution in [0.3, 0.4) is 0 Å². The highest BCUT2D eigenvalue weighted by Gasteiger charge is 2.16. The van der Waals surface area contributed by atoms with E-state index in [1.807, 2.05) is 17.4 Å². The van der Waals surface area contributed by atoms with Crippen LogP contribution in [0.1, 0.15) is 0 Å². The molecule has 0 atom stereocenters. The lowest BCUT2D eigenvalue weighted by atomic mass is 9.92. The molecule has 11 rings (SSSR count). The Hall–Kier alpha value is -6.49. The first-order valence-corrected chi connectivity index (χ1v) is 18.0.